The van der Waals surface area contributed by atoms with Crippen molar-refractivity contribution >= 4 is 6.09 Å². The average molecular weight is 302 g/mol. The third-order valence-corrected chi connectivity index (χ3v) is 2.82. The fraction of sp³-hybridized carbons (Fsp3) is 0.357. The zero-order chi connectivity index (χ0) is 15.9. The maximum Gasteiger partial charge on any atom is 0.416 e. The Labute approximate surface area is 120 Å². The molecule has 1 aromatic rings. The van der Waals surface area contributed by atoms with E-state index in [9.17, 15) is 18.0 Å². The number of carbonyl (C=O) groups excluding carboxylic acids is 1. The van der Waals surface area contributed by atoms with E-state index in [0.29, 0.717) is 5.56 Å². The van der Waals surface area contributed by atoms with Crippen molar-refractivity contribution in [2.24, 2.45) is 5.73 Å². The van der Waals surface area contributed by atoms with E-state index in [2.05, 4.69) is 11.9 Å². The Balaban J connectivity index is 2.64. The van der Waals surface area contributed by atoms with Gasteiger partial charge in [-0.1, -0.05) is 24.8 Å². The predicted octanol–water partition coefficient (Wildman–Crippen LogP) is 2.66. The highest BCUT2D eigenvalue weighted by atomic mass is 19.4. The molecule has 1 amide bonds. The minimum Gasteiger partial charge on any atom is -0.445 e. The van der Waals surface area contributed by atoms with Crippen molar-refractivity contribution < 1.29 is 22.7 Å². The fourth-order valence-electron chi connectivity index (χ4n) is 1.67. The first-order valence-electron chi connectivity index (χ1n) is 6.27. The highest BCUT2D eigenvalue weighted by Gasteiger charge is 2.30. The number of alkyl halides is 3. The van der Waals surface area contributed by atoms with Gasteiger partial charge in [-0.15, -0.1) is 0 Å². The van der Waals surface area contributed by atoms with Crippen molar-refractivity contribution in [3.63, 3.8) is 0 Å². The van der Waals surface area contributed by atoms with E-state index >= 15 is 0 Å². The number of nitrogens with one attached hydrogen (secondary N) is 1. The van der Waals surface area contributed by atoms with Crippen LogP contribution in [-0.4, -0.2) is 25.8 Å². The predicted molar refractivity (Wildman–Crippen MR) is 72.8 cm³/mol. The summed E-state index contributed by atoms with van der Waals surface area (Å²) in [6, 6.07) is 4.70. The molecule has 21 heavy (non-hydrogen) atoms. The first-order valence-corrected chi connectivity index (χ1v) is 6.27. The summed E-state index contributed by atoms with van der Waals surface area (Å²) in [5, 5.41) is 2.50. The van der Waals surface area contributed by atoms with Crippen LogP contribution in [0.1, 0.15) is 17.0 Å². The largest absolute Gasteiger partial charge is 0.445 e. The molecule has 1 atom stereocenters. The van der Waals surface area contributed by atoms with E-state index in [-0.39, 0.29) is 25.6 Å². The summed E-state index contributed by atoms with van der Waals surface area (Å²) >= 11 is 0. The van der Waals surface area contributed by atoms with Crippen molar-refractivity contribution in [2.75, 3.05) is 19.7 Å². The Bertz CT molecular complexity index is 472. The number of hydrogen-bond acceptors (Lipinski definition) is 3. The maximum atomic E-state index is 12.5. The minimum absolute atomic E-state index is 0.0827. The van der Waals surface area contributed by atoms with E-state index in [1.807, 2.05) is 0 Å². The number of halogens is 3. The number of ether oxygens (including phenoxy) is 1. The number of carbonyl (C=O) groups is 1. The van der Waals surface area contributed by atoms with E-state index in [1.165, 1.54) is 18.2 Å². The van der Waals surface area contributed by atoms with Crippen molar-refractivity contribution in [2.45, 2.75) is 12.1 Å². The van der Waals surface area contributed by atoms with Crippen LogP contribution in [0.2, 0.25) is 0 Å². The molecule has 0 heterocycles. The molecule has 0 aromatic heterocycles. The molecule has 3 N–H and O–H groups in total. The van der Waals surface area contributed by atoms with Crippen LogP contribution in [-0.2, 0) is 10.9 Å². The Morgan fingerprint density at radius 3 is 2.48 bits per heavy atom. The third-order valence-electron chi connectivity index (χ3n) is 2.82. The Kier molecular flexibility index (Phi) is 6.23. The first kappa shape index (κ1) is 17.0. The van der Waals surface area contributed by atoms with Crippen LogP contribution in [0.4, 0.5) is 18.0 Å². The molecule has 0 fully saturated rings. The van der Waals surface area contributed by atoms with Gasteiger partial charge in [0, 0.05) is 19.0 Å². The lowest BCUT2D eigenvalue weighted by molar-refractivity contribution is -0.137. The minimum atomic E-state index is -4.37. The van der Waals surface area contributed by atoms with Gasteiger partial charge in [-0.25, -0.2) is 4.79 Å². The summed E-state index contributed by atoms with van der Waals surface area (Å²) in [5.41, 5.74) is 5.48. The van der Waals surface area contributed by atoms with Gasteiger partial charge in [0.05, 0.1) is 5.56 Å². The quantitative estimate of drug-likeness (QED) is 0.794. The van der Waals surface area contributed by atoms with Gasteiger partial charge >= 0.3 is 12.3 Å². The highest BCUT2D eigenvalue weighted by Crippen LogP contribution is 2.30. The maximum absolute atomic E-state index is 12.5. The summed E-state index contributed by atoms with van der Waals surface area (Å²) in [5.74, 6) is -0.288. The van der Waals surface area contributed by atoms with Crippen LogP contribution < -0.4 is 11.1 Å². The van der Waals surface area contributed by atoms with E-state index in [1.54, 1.807) is 0 Å². The number of amides is 1. The third kappa shape index (κ3) is 5.47. The number of hydrogen-bond donors (Lipinski definition) is 2. The number of alkyl carbamates (subject to hydrolysis) is 1. The van der Waals surface area contributed by atoms with E-state index < -0.39 is 17.8 Å². The highest BCUT2D eigenvalue weighted by molar-refractivity contribution is 5.67. The Morgan fingerprint density at radius 2 is 2.00 bits per heavy atom. The molecule has 0 unspecified atom stereocenters. The summed E-state index contributed by atoms with van der Waals surface area (Å²) in [7, 11) is 0. The molecule has 116 valence electrons. The molecule has 0 saturated carbocycles. The SMILES string of the molecule is C=CCOC(=O)NC[C@@H](CN)c1ccc(C(F)(F)F)cc1. The van der Waals surface area contributed by atoms with Crippen LogP contribution in [0.5, 0.6) is 0 Å². The number of rotatable bonds is 6. The van der Waals surface area contributed by atoms with Crippen LogP contribution >= 0.6 is 0 Å². The second-order valence-electron chi connectivity index (χ2n) is 4.32. The summed E-state index contributed by atoms with van der Waals surface area (Å²) in [4.78, 5) is 11.3. The molecule has 4 nitrogen and oxygen atoms in total. The van der Waals surface area contributed by atoms with Crippen molar-refractivity contribution in [3.05, 3.63) is 48.0 Å². The van der Waals surface area contributed by atoms with Crippen LogP contribution in [0.3, 0.4) is 0 Å². The second-order valence-corrected chi connectivity index (χ2v) is 4.32. The fourth-order valence-corrected chi connectivity index (χ4v) is 1.67. The normalized spacial score (nSPS) is 12.6. The summed E-state index contributed by atoms with van der Waals surface area (Å²) in [6.07, 6.45) is -3.57. The second kappa shape index (κ2) is 7.68. The summed E-state index contributed by atoms with van der Waals surface area (Å²) < 4.78 is 42.1. The molecule has 0 radical (unpaired) electrons. The zero-order valence-electron chi connectivity index (χ0n) is 11.3. The van der Waals surface area contributed by atoms with Crippen LogP contribution in [0.25, 0.3) is 0 Å². The van der Waals surface area contributed by atoms with E-state index in [0.717, 1.165) is 12.1 Å². The molecule has 0 bridgehead atoms. The van der Waals surface area contributed by atoms with Gasteiger partial charge in [-0.2, -0.15) is 13.2 Å². The number of benzene rings is 1. The van der Waals surface area contributed by atoms with Gasteiger partial charge in [0.2, 0.25) is 0 Å². The molecule has 0 aliphatic carbocycles. The van der Waals surface area contributed by atoms with Crippen LogP contribution in [0, 0.1) is 0 Å². The molecule has 0 aliphatic rings. The lowest BCUT2D eigenvalue weighted by Crippen LogP contribution is -2.32. The molecule has 7 heteroatoms. The lowest BCUT2D eigenvalue weighted by Gasteiger charge is -2.17. The van der Waals surface area contributed by atoms with Crippen molar-refractivity contribution in [1.82, 2.24) is 5.32 Å². The molecule has 0 saturated heterocycles. The first-order chi connectivity index (χ1) is 9.88. The number of nitrogens with two attached hydrogens (primary N) is 1. The summed E-state index contributed by atoms with van der Waals surface area (Å²) in [6.45, 7) is 3.85. The topological polar surface area (TPSA) is 64.3 Å². The standard InChI is InChI=1S/C14H17F3N2O2/c1-2-7-21-13(20)19-9-11(8-18)10-3-5-12(6-4-10)14(15,16)17/h2-6,11H,1,7-9,18H2,(H,19,20)/t11-/m1/s1. The van der Waals surface area contributed by atoms with Gasteiger partial charge in [0.15, 0.2) is 0 Å². The lowest BCUT2D eigenvalue weighted by atomic mass is 9.98. The van der Waals surface area contributed by atoms with Gasteiger partial charge in [0.25, 0.3) is 0 Å². The van der Waals surface area contributed by atoms with E-state index in [4.69, 9.17) is 10.5 Å². The van der Waals surface area contributed by atoms with Crippen LogP contribution in [0.15, 0.2) is 36.9 Å². The molecular formula is C14H17F3N2O2. The smallest absolute Gasteiger partial charge is 0.416 e. The Morgan fingerprint density at radius 1 is 1.38 bits per heavy atom. The molecule has 0 spiro atoms. The molecule has 1 aromatic carbocycles. The monoisotopic (exact) mass is 302 g/mol. The zero-order valence-corrected chi connectivity index (χ0v) is 11.3. The van der Waals surface area contributed by atoms with Gasteiger partial charge in [0.1, 0.15) is 6.61 Å². The molecule has 1 rings (SSSR count). The average Bonchev–Trinajstić information content (AvgIpc) is 2.45. The van der Waals surface area contributed by atoms with Crippen molar-refractivity contribution in [3.8, 4) is 0 Å². The molecule has 0 aliphatic heterocycles. The van der Waals surface area contributed by atoms with Crippen molar-refractivity contribution in [1.29, 1.82) is 0 Å². The van der Waals surface area contributed by atoms with Gasteiger partial charge in [-0.05, 0) is 17.7 Å². The van der Waals surface area contributed by atoms with Gasteiger partial charge < -0.3 is 15.8 Å². The Hall–Kier alpha value is -2.02. The van der Waals surface area contributed by atoms with Gasteiger partial charge in [-0.3, -0.25) is 0 Å². The molecular weight excluding hydrogens is 285 g/mol.